The fraction of sp³-hybridized carbons (Fsp3) is 0.643. The molecule has 1 N–H and O–H groups in total. The van der Waals surface area contributed by atoms with E-state index in [0.29, 0.717) is 6.10 Å². The molecule has 0 aliphatic carbocycles. The van der Waals surface area contributed by atoms with Crippen LogP contribution in [-0.2, 0) is 11.3 Å². The number of ether oxygens (including phenoxy) is 2. The summed E-state index contributed by atoms with van der Waals surface area (Å²) in [5.74, 6) is 0.849. The van der Waals surface area contributed by atoms with Gasteiger partial charge in [0, 0.05) is 13.2 Å². The van der Waals surface area contributed by atoms with Gasteiger partial charge in [0.2, 0.25) is 0 Å². The lowest BCUT2D eigenvalue weighted by molar-refractivity contribution is 0.0981. The zero-order valence-electron chi connectivity index (χ0n) is 11.0. The fourth-order valence-electron chi connectivity index (χ4n) is 2.16. The summed E-state index contributed by atoms with van der Waals surface area (Å²) in [4.78, 5) is 4.31. The zero-order valence-corrected chi connectivity index (χ0v) is 11.0. The normalized spacial score (nSPS) is 19.1. The van der Waals surface area contributed by atoms with Gasteiger partial charge in [0.15, 0.2) is 0 Å². The SMILES string of the molecule is CNCc1ccc(OCCCC2CCCO2)cn1. The molecule has 0 amide bonds. The van der Waals surface area contributed by atoms with E-state index in [-0.39, 0.29) is 0 Å². The van der Waals surface area contributed by atoms with Gasteiger partial charge in [0.05, 0.1) is 24.6 Å². The topological polar surface area (TPSA) is 43.4 Å². The van der Waals surface area contributed by atoms with Crippen molar-refractivity contribution >= 4 is 0 Å². The molecule has 1 saturated heterocycles. The Hall–Kier alpha value is -1.13. The van der Waals surface area contributed by atoms with Crippen molar-refractivity contribution in [3.8, 4) is 5.75 Å². The monoisotopic (exact) mass is 250 g/mol. The third-order valence-corrected chi connectivity index (χ3v) is 3.12. The van der Waals surface area contributed by atoms with Crippen molar-refractivity contribution in [1.29, 1.82) is 0 Å². The number of hydrogen-bond donors (Lipinski definition) is 1. The van der Waals surface area contributed by atoms with Gasteiger partial charge in [-0.3, -0.25) is 4.98 Å². The van der Waals surface area contributed by atoms with Gasteiger partial charge in [-0.1, -0.05) is 0 Å². The highest BCUT2D eigenvalue weighted by molar-refractivity contribution is 5.19. The lowest BCUT2D eigenvalue weighted by atomic mass is 10.1. The molecule has 1 aromatic rings. The third kappa shape index (κ3) is 4.27. The van der Waals surface area contributed by atoms with Crippen LogP contribution >= 0.6 is 0 Å². The quantitative estimate of drug-likeness (QED) is 0.753. The van der Waals surface area contributed by atoms with Gasteiger partial charge in [-0.2, -0.15) is 0 Å². The van der Waals surface area contributed by atoms with Crippen LogP contribution in [0.25, 0.3) is 0 Å². The predicted molar refractivity (Wildman–Crippen MR) is 70.7 cm³/mol. The van der Waals surface area contributed by atoms with Crippen LogP contribution in [0.4, 0.5) is 0 Å². The van der Waals surface area contributed by atoms with Crippen molar-refractivity contribution < 1.29 is 9.47 Å². The van der Waals surface area contributed by atoms with Gasteiger partial charge in [-0.25, -0.2) is 0 Å². The van der Waals surface area contributed by atoms with Crippen molar-refractivity contribution in [3.05, 3.63) is 24.0 Å². The minimum absolute atomic E-state index is 0.463. The molecule has 2 heterocycles. The smallest absolute Gasteiger partial charge is 0.137 e. The molecule has 0 bridgehead atoms. The molecule has 4 heteroatoms. The molecule has 0 saturated carbocycles. The summed E-state index contributed by atoms with van der Waals surface area (Å²) in [6.45, 7) is 2.47. The number of aromatic nitrogens is 1. The van der Waals surface area contributed by atoms with Crippen molar-refractivity contribution in [2.24, 2.45) is 0 Å². The first-order valence-corrected chi connectivity index (χ1v) is 6.72. The number of hydrogen-bond acceptors (Lipinski definition) is 4. The molecule has 18 heavy (non-hydrogen) atoms. The third-order valence-electron chi connectivity index (χ3n) is 3.12. The van der Waals surface area contributed by atoms with Crippen molar-refractivity contribution in [2.75, 3.05) is 20.3 Å². The number of pyridine rings is 1. The van der Waals surface area contributed by atoms with Gasteiger partial charge in [-0.05, 0) is 44.9 Å². The molecule has 0 aromatic carbocycles. The van der Waals surface area contributed by atoms with Gasteiger partial charge < -0.3 is 14.8 Å². The minimum Gasteiger partial charge on any atom is -0.492 e. The predicted octanol–water partition coefficient (Wildman–Crippen LogP) is 2.14. The summed E-state index contributed by atoms with van der Waals surface area (Å²) >= 11 is 0. The fourth-order valence-corrected chi connectivity index (χ4v) is 2.16. The molecule has 2 rings (SSSR count). The Bertz CT molecular complexity index is 334. The number of nitrogens with zero attached hydrogens (tertiary/aromatic N) is 1. The summed E-state index contributed by atoms with van der Waals surface area (Å²) < 4.78 is 11.2. The van der Waals surface area contributed by atoms with E-state index in [1.807, 2.05) is 19.2 Å². The van der Waals surface area contributed by atoms with Crippen molar-refractivity contribution in [1.82, 2.24) is 10.3 Å². The van der Waals surface area contributed by atoms with E-state index in [1.165, 1.54) is 12.8 Å². The molecule has 100 valence electrons. The van der Waals surface area contributed by atoms with E-state index in [4.69, 9.17) is 9.47 Å². The van der Waals surface area contributed by atoms with Crippen LogP contribution in [0.15, 0.2) is 18.3 Å². The molecular formula is C14H22N2O2. The maximum absolute atomic E-state index is 5.66. The van der Waals surface area contributed by atoms with Crippen LogP contribution in [0, 0.1) is 0 Å². The Morgan fingerprint density at radius 3 is 3.11 bits per heavy atom. The van der Waals surface area contributed by atoms with Gasteiger partial charge in [-0.15, -0.1) is 0 Å². The van der Waals surface area contributed by atoms with Crippen LogP contribution in [0.1, 0.15) is 31.4 Å². The summed E-state index contributed by atoms with van der Waals surface area (Å²) in [6, 6.07) is 3.97. The second-order valence-electron chi connectivity index (χ2n) is 4.64. The average Bonchev–Trinajstić information content (AvgIpc) is 2.90. The highest BCUT2D eigenvalue weighted by Crippen LogP contribution is 2.17. The lowest BCUT2D eigenvalue weighted by Gasteiger charge is -2.10. The van der Waals surface area contributed by atoms with E-state index in [1.54, 1.807) is 6.20 Å². The highest BCUT2D eigenvalue weighted by atomic mass is 16.5. The Morgan fingerprint density at radius 1 is 1.50 bits per heavy atom. The average molecular weight is 250 g/mol. The Balaban J connectivity index is 1.63. The number of nitrogens with one attached hydrogen (secondary N) is 1. The summed E-state index contributed by atoms with van der Waals surface area (Å²) in [5, 5.41) is 3.07. The van der Waals surface area contributed by atoms with Crippen LogP contribution in [0.5, 0.6) is 5.75 Å². The first-order chi connectivity index (χ1) is 8.88. The Labute approximate surface area is 109 Å². The second kappa shape index (κ2) is 7.34. The standard InChI is InChI=1S/C14H22N2O2/c1-15-10-12-6-7-14(11-16-12)18-9-3-5-13-4-2-8-17-13/h6-7,11,13,15H,2-5,8-10H2,1H3. The first kappa shape index (κ1) is 13.3. The molecule has 1 aliphatic heterocycles. The maximum Gasteiger partial charge on any atom is 0.137 e. The maximum atomic E-state index is 5.66. The van der Waals surface area contributed by atoms with Gasteiger partial charge in [0.25, 0.3) is 0 Å². The van der Waals surface area contributed by atoms with Gasteiger partial charge >= 0.3 is 0 Å². The molecular weight excluding hydrogens is 228 g/mol. The van der Waals surface area contributed by atoms with Gasteiger partial charge in [0.1, 0.15) is 5.75 Å². The molecule has 1 aliphatic rings. The van der Waals surface area contributed by atoms with Crippen LogP contribution in [0.2, 0.25) is 0 Å². The van der Waals surface area contributed by atoms with E-state index in [0.717, 1.165) is 44.0 Å². The van der Waals surface area contributed by atoms with E-state index < -0.39 is 0 Å². The Morgan fingerprint density at radius 2 is 2.44 bits per heavy atom. The minimum atomic E-state index is 0.463. The Kier molecular flexibility index (Phi) is 5.42. The van der Waals surface area contributed by atoms with E-state index in [2.05, 4.69) is 10.3 Å². The van der Waals surface area contributed by atoms with Crippen LogP contribution in [-0.4, -0.2) is 31.3 Å². The number of rotatable bonds is 7. The molecule has 1 unspecified atom stereocenters. The largest absolute Gasteiger partial charge is 0.492 e. The van der Waals surface area contributed by atoms with Crippen LogP contribution < -0.4 is 10.1 Å². The van der Waals surface area contributed by atoms with Crippen molar-refractivity contribution in [3.63, 3.8) is 0 Å². The summed E-state index contributed by atoms with van der Waals surface area (Å²) in [5.41, 5.74) is 1.03. The molecule has 1 fully saturated rings. The second-order valence-corrected chi connectivity index (χ2v) is 4.64. The molecule has 1 aromatic heterocycles. The van der Waals surface area contributed by atoms with E-state index >= 15 is 0 Å². The highest BCUT2D eigenvalue weighted by Gasteiger charge is 2.14. The first-order valence-electron chi connectivity index (χ1n) is 6.72. The van der Waals surface area contributed by atoms with E-state index in [9.17, 15) is 0 Å². The van der Waals surface area contributed by atoms with Crippen molar-refractivity contribution in [2.45, 2.75) is 38.3 Å². The van der Waals surface area contributed by atoms with Crippen LogP contribution in [0.3, 0.4) is 0 Å². The molecule has 4 nitrogen and oxygen atoms in total. The molecule has 0 spiro atoms. The zero-order chi connectivity index (χ0) is 12.6. The lowest BCUT2D eigenvalue weighted by Crippen LogP contribution is -2.08. The summed E-state index contributed by atoms with van der Waals surface area (Å²) in [6.07, 6.45) is 6.82. The molecule has 1 atom stereocenters. The molecule has 0 radical (unpaired) electrons. The summed E-state index contributed by atoms with van der Waals surface area (Å²) in [7, 11) is 1.91.